The number of anilines is 1. The average molecular weight is 572 g/mol. The van der Waals surface area contributed by atoms with Gasteiger partial charge in [-0.3, -0.25) is 4.79 Å². The van der Waals surface area contributed by atoms with Gasteiger partial charge in [0.1, 0.15) is 11.5 Å². The molecule has 0 saturated carbocycles. The standard InChI is InChI=1S/C26H22BrNO9/c1-34-19-7-3-5-15(13-19)25(32)36-21(23(29)28-18-11-9-17(27)10-12-18)22(24(30)31)37-26(33)16-6-4-8-20(14-16)35-2/h3-14,21-22H,1-2H3,(H,28,29)(H,30,31)/t21-,22-/m0/s1. The quantitative estimate of drug-likeness (QED) is 0.346. The summed E-state index contributed by atoms with van der Waals surface area (Å²) in [6, 6.07) is 18.0. The first-order chi connectivity index (χ1) is 17.7. The van der Waals surface area contributed by atoms with E-state index in [1.807, 2.05) is 0 Å². The number of rotatable bonds is 10. The summed E-state index contributed by atoms with van der Waals surface area (Å²) in [6.07, 6.45) is -4.22. The van der Waals surface area contributed by atoms with E-state index in [9.17, 15) is 24.3 Å². The molecular formula is C26H22BrNO9. The van der Waals surface area contributed by atoms with Crippen LogP contribution in [-0.4, -0.2) is 55.3 Å². The molecule has 2 atom stereocenters. The van der Waals surface area contributed by atoms with Crippen molar-refractivity contribution in [1.29, 1.82) is 0 Å². The molecule has 3 aromatic carbocycles. The zero-order chi connectivity index (χ0) is 26.9. The first-order valence-corrected chi connectivity index (χ1v) is 11.5. The molecule has 3 rings (SSSR count). The van der Waals surface area contributed by atoms with Crippen molar-refractivity contribution in [3.05, 3.63) is 88.4 Å². The van der Waals surface area contributed by atoms with Gasteiger partial charge >= 0.3 is 17.9 Å². The Labute approximate surface area is 220 Å². The normalized spacial score (nSPS) is 12.0. The highest BCUT2D eigenvalue weighted by molar-refractivity contribution is 9.10. The molecule has 0 aliphatic rings. The molecule has 10 nitrogen and oxygen atoms in total. The van der Waals surface area contributed by atoms with E-state index in [1.165, 1.54) is 50.6 Å². The van der Waals surface area contributed by atoms with Crippen LogP contribution in [0.4, 0.5) is 5.69 Å². The van der Waals surface area contributed by atoms with Crippen LogP contribution in [0.1, 0.15) is 20.7 Å². The van der Waals surface area contributed by atoms with Crippen LogP contribution in [-0.2, 0) is 19.1 Å². The summed E-state index contributed by atoms with van der Waals surface area (Å²) in [7, 11) is 2.79. The Hall–Kier alpha value is -4.38. The van der Waals surface area contributed by atoms with E-state index in [2.05, 4.69) is 21.2 Å². The van der Waals surface area contributed by atoms with Crippen molar-refractivity contribution in [2.24, 2.45) is 0 Å². The minimum atomic E-state index is -2.18. The zero-order valence-corrected chi connectivity index (χ0v) is 21.3. The van der Waals surface area contributed by atoms with E-state index in [1.54, 1.807) is 36.4 Å². The second-order valence-electron chi connectivity index (χ2n) is 7.45. The molecule has 3 aromatic rings. The third kappa shape index (κ3) is 7.31. The van der Waals surface area contributed by atoms with Crippen molar-refractivity contribution >= 4 is 45.4 Å². The Morgan fingerprint density at radius 3 is 1.70 bits per heavy atom. The third-order valence-electron chi connectivity index (χ3n) is 4.97. The van der Waals surface area contributed by atoms with Crippen LogP contribution in [0.15, 0.2) is 77.3 Å². The SMILES string of the molecule is COc1cccc(C(=O)O[C@H](C(=O)O)[C@H](OC(=O)c2cccc(OC)c2)C(=O)Nc2ccc(Br)cc2)c1. The van der Waals surface area contributed by atoms with Crippen LogP contribution in [0.5, 0.6) is 11.5 Å². The number of esters is 2. The molecule has 0 unspecified atom stereocenters. The summed E-state index contributed by atoms with van der Waals surface area (Å²) in [5.74, 6) is -4.15. The smallest absolute Gasteiger partial charge is 0.349 e. The van der Waals surface area contributed by atoms with Gasteiger partial charge in [-0.25, -0.2) is 14.4 Å². The highest BCUT2D eigenvalue weighted by atomic mass is 79.9. The van der Waals surface area contributed by atoms with Crippen molar-refractivity contribution in [1.82, 2.24) is 0 Å². The first-order valence-electron chi connectivity index (χ1n) is 10.7. The van der Waals surface area contributed by atoms with Crippen LogP contribution < -0.4 is 14.8 Å². The lowest BCUT2D eigenvalue weighted by Crippen LogP contribution is -2.48. The molecule has 11 heteroatoms. The number of carboxylic acids is 1. The molecule has 0 radical (unpaired) electrons. The van der Waals surface area contributed by atoms with Crippen LogP contribution in [0.3, 0.4) is 0 Å². The van der Waals surface area contributed by atoms with Crippen molar-refractivity contribution < 1.29 is 43.2 Å². The van der Waals surface area contributed by atoms with Crippen LogP contribution in [0.2, 0.25) is 0 Å². The molecule has 0 spiro atoms. The predicted molar refractivity (Wildman–Crippen MR) is 135 cm³/mol. The molecule has 0 aromatic heterocycles. The number of hydrogen-bond acceptors (Lipinski definition) is 8. The molecule has 0 aliphatic carbocycles. The highest BCUT2D eigenvalue weighted by Gasteiger charge is 2.41. The fourth-order valence-electron chi connectivity index (χ4n) is 3.11. The number of carboxylic acid groups (broad SMARTS) is 1. The molecular weight excluding hydrogens is 550 g/mol. The van der Waals surface area contributed by atoms with E-state index in [-0.39, 0.29) is 11.1 Å². The van der Waals surface area contributed by atoms with Crippen LogP contribution in [0, 0.1) is 0 Å². The zero-order valence-electron chi connectivity index (χ0n) is 19.7. The molecule has 0 heterocycles. The average Bonchev–Trinajstić information content (AvgIpc) is 2.91. The second-order valence-corrected chi connectivity index (χ2v) is 8.37. The van der Waals surface area contributed by atoms with Gasteiger partial charge < -0.3 is 29.4 Å². The van der Waals surface area contributed by atoms with Gasteiger partial charge in [0.15, 0.2) is 0 Å². The summed E-state index contributed by atoms with van der Waals surface area (Å²) < 4.78 is 21.3. The lowest BCUT2D eigenvalue weighted by molar-refractivity contribution is -0.157. The van der Waals surface area contributed by atoms with E-state index in [4.69, 9.17) is 18.9 Å². The van der Waals surface area contributed by atoms with Gasteiger partial charge in [-0.05, 0) is 60.7 Å². The van der Waals surface area contributed by atoms with Gasteiger partial charge in [0.25, 0.3) is 5.91 Å². The lowest BCUT2D eigenvalue weighted by Gasteiger charge is -2.23. The monoisotopic (exact) mass is 571 g/mol. The maximum Gasteiger partial charge on any atom is 0.349 e. The van der Waals surface area contributed by atoms with Gasteiger partial charge in [0.05, 0.1) is 25.3 Å². The van der Waals surface area contributed by atoms with E-state index >= 15 is 0 Å². The molecule has 2 N–H and O–H groups in total. The fraction of sp³-hybridized carbons (Fsp3) is 0.154. The highest BCUT2D eigenvalue weighted by Crippen LogP contribution is 2.20. The van der Waals surface area contributed by atoms with Crippen molar-refractivity contribution in [2.75, 3.05) is 19.5 Å². The Bertz CT molecular complexity index is 1290. The Kier molecular flexibility index (Phi) is 9.22. The molecule has 0 fully saturated rings. The fourth-order valence-corrected chi connectivity index (χ4v) is 3.37. The van der Waals surface area contributed by atoms with Crippen molar-refractivity contribution in [3.63, 3.8) is 0 Å². The van der Waals surface area contributed by atoms with Gasteiger partial charge in [0, 0.05) is 10.2 Å². The number of amides is 1. The Balaban J connectivity index is 1.92. The lowest BCUT2D eigenvalue weighted by atomic mass is 10.1. The number of carbonyl (C=O) groups is 4. The van der Waals surface area contributed by atoms with E-state index in [0.717, 1.165) is 4.47 Å². The van der Waals surface area contributed by atoms with Crippen LogP contribution >= 0.6 is 15.9 Å². The number of methoxy groups -OCH3 is 2. The summed E-state index contributed by atoms with van der Waals surface area (Å²) in [5, 5.41) is 12.3. The number of aliphatic carboxylic acids is 1. The first kappa shape index (κ1) is 27.2. The maximum atomic E-state index is 13.2. The van der Waals surface area contributed by atoms with Crippen LogP contribution in [0.25, 0.3) is 0 Å². The number of ether oxygens (including phenoxy) is 4. The number of halogens is 1. The minimum Gasteiger partial charge on any atom is -0.497 e. The minimum absolute atomic E-state index is 0.0101. The van der Waals surface area contributed by atoms with Crippen molar-refractivity contribution in [3.8, 4) is 11.5 Å². The molecule has 37 heavy (non-hydrogen) atoms. The van der Waals surface area contributed by atoms with Gasteiger partial charge in [-0.2, -0.15) is 0 Å². The Morgan fingerprint density at radius 2 is 1.24 bits per heavy atom. The topological polar surface area (TPSA) is 137 Å². The molecule has 0 aliphatic heterocycles. The van der Waals surface area contributed by atoms with E-state index in [0.29, 0.717) is 17.2 Å². The largest absolute Gasteiger partial charge is 0.497 e. The number of benzene rings is 3. The summed E-state index contributed by atoms with van der Waals surface area (Å²) in [4.78, 5) is 50.9. The summed E-state index contributed by atoms with van der Waals surface area (Å²) in [6.45, 7) is 0. The second kappa shape index (κ2) is 12.5. The molecule has 1 amide bonds. The molecule has 192 valence electrons. The Morgan fingerprint density at radius 1 is 0.757 bits per heavy atom. The number of nitrogens with one attached hydrogen (secondary N) is 1. The van der Waals surface area contributed by atoms with E-state index < -0.39 is 36.0 Å². The van der Waals surface area contributed by atoms with Crippen molar-refractivity contribution in [2.45, 2.75) is 12.2 Å². The summed E-state index contributed by atoms with van der Waals surface area (Å²) in [5.41, 5.74) is 0.250. The number of carbonyl (C=O) groups excluding carboxylic acids is 3. The summed E-state index contributed by atoms with van der Waals surface area (Å²) >= 11 is 3.28. The van der Waals surface area contributed by atoms with Gasteiger partial charge in [-0.1, -0.05) is 28.1 Å². The third-order valence-corrected chi connectivity index (χ3v) is 5.50. The number of hydrogen-bond donors (Lipinski definition) is 2. The maximum absolute atomic E-state index is 13.2. The predicted octanol–water partition coefficient (Wildman–Crippen LogP) is 3.94. The van der Waals surface area contributed by atoms with Gasteiger partial charge in [-0.15, -0.1) is 0 Å². The molecule has 0 saturated heterocycles. The molecule has 0 bridgehead atoms. The van der Waals surface area contributed by atoms with Gasteiger partial charge in [0.2, 0.25) is 12.2 Å².